The lowest BCUT2D eigenvalue weighted by Crippen LogP contribution is -2.31. The summed E-state index contributed by atoms with van der Waals surface area (Å²) in [5, 5.41) is 0. The lowest BCUT2D eigenvalue weighted by molar-refractivity contribution is 0.164. The normalized spacial score (nSPS) is 16.2. The third-order valence-corrected chi connectivity index (χ3v) is 4.49. The van der Waals surface area contributed by atoms with Crippen LogP contribution in [0.5, 0.6) is 5.75 Å². The maximum absolute atomic E-state index is 6.02. The number of rotatable bonds is 5. The van der Waals surface area contributed by atoms with Crippen molar-refractivity contribution in [2.45, 2.75) is 32.9 Å². The standard InChI is InChI=1S/C20H22N2O3/c1-13-8-9-19(23-13)20-21-17(14(2)24-20)12-22(3)11-16-10-15-6-4-5-7-18(15)25-16/h4-9,16H,10-12H2,1-3H3/t16-/m1/s1. The second-order valence-electron chi connectivity index (χ2n) is 6.68. The highest BCUT2D eigenvalue weighted by atomic mass is 16.5. The number of aromatic nitrogens is 1. The molecule has 1 aliphatic heterocycles. The van der Waals surface area contributed by atoms with Crippen molar-refractivity contribution in [3.05, 3.63) is 59.2 Å². The quantitative estimate of drug-likeness (QED) is 0.704. The Bertz CT molecular complexity index is 856. The summed E-state index contributed by atoms with van der Waals surface area (Å²) in [6, 6.07) is 12.0. The number of fused-ring (bicyclic) bond motifs is 1. The fourth-order valence-corrected chi connectivity index (χ4v) is 3.25. The van der Waals surface area contributed by atoms with Crippen LogP contribution in [0.3, 0.4) is 0 Å². The highest BCUT2D eigenvalue weighted by molar-refractivity contribution is 5.45. The molecule has 0 N–H and O–H groups in total. The molecule has 0 aliphatic carbocycles. The highest BCUT2D eigenvalue weighted by Crippen LogP contribution is 2.29. The minimum atomic E-state index is 0.182. The first kappa shape index (κ1) is 16.0. The van der Waals surface area contributed by atoms with Crippen molar-refractivity contribution < 1.29 is 13.6 Å². The summed E-state index contributed by atoms with van der Waals surface area (Å²) in [5.41, 5.74) is 2.22. The number of hydrogen-bond acceptors (Lipinski definition) is 5. The Morgan fingerprint density at radius 1 is 1.12 bits per heavy atom. The van der Waals surface area contributed by atoms with E-state index in [0.717, 1.165) is 35.9 Å². The van der Waals surface area contributed by atoms with Gasteiger partial charge in [-0.15, -0.1) is 0 Å². The molecule has 25 heavy (non-hydrogen) atoms. The molecule has 3 heterocycles. The van der Waals surface area contributed by atoms with Gasteiger partial charge in [-0.2, -0.15) is 0 Å². The highest BCUT2D eigenvalue weighted by Gasteiger charge is 2.24. The van der Waals surface area contributed by atoms with Gasteiger partial charge in [0.15, 0.2) is 5.76 Å². The second-order valence-corrected chi connectivity index (χ2v) is 6.68. The van der Waals surface area contributed by atoms with Crippen LogP contribution in [0.15, 0.2) is 45.2 Å². The fourth-order valence-electron chi connectivity index (χ4n) is 3.25. The molecule has 0 unspecified atom stereocenters. The lowest BCUT2D eigenvalue weighted by Gasteiger charge is -2.19. The number of furan rings is 1. The molecule has 5 heteroatoms. The second kappa shape index (κ2) is 6.41. The van der Waals surface area contributed by atoms with Crippen LogP contribution < -0.4 is 4.74 Å². The van der Waals surface area contributed by atoms with Gasteiger partial charge in [0.25, 0.3) is 5.89 Å². The average Bonchev–Trinajstić information content (AvgIpc) is 3.26. The molecule has 3 aromatic rings. The molecule has 0 spiro atoms. The molecule has 1 aliphatic rings. The maximum atomic E-state index is 6.02. The first-order valence-electron chi connectivity index (χ1n) is 8.54. The molecular weight excluding hydrogens is 316 g/mol. The molecule has 1 aromatic carbocycles. The predicted molar refractivity (Wildman–Crippen MR) is 94.6 cm³/mol. The summed E-state index contributed by atoms with van der Waals surface area (Å²) < 4.78 is 17.4. The maximum Gasteiger partial charge on any atom is 0.263 e. The van der Waals surface area contributed by atoms with Crippen molar-refractivity contribution in [2.24, 2.45) is 0 Å². The number of hydrogen-bond donors (Lipinski definition) is 0. The largest absolute Gasteiger partial charge is 0.488 e. The number of nitrogens with zero attached hydrogens (tertiary/aromatic N) is 2. The zero-order valence-corrected chi connectivity index (χ0v) is 14.8. The van der Waals surface area contributed by atoms with Crippen LogP contribution in [-0.4, -0.2) is 29.6 Å². The van der Waals surface area contributed by atoms with E-state index in [1.807, 2.05) is 38.1 Å². The van der Waals surface area contributed by atoms with Crippen LogP contribution in [-0.2, 0) is 13.0 Å². The monoisotopic (exact) mass is 338 g/mol. The van der Waals surface area contributed by atoms with Gasteiger partial charge < -0.3 is 13.6 Å². The SMILES string of the molecule is Cc1ccc(-c2nc(CN(C)C[C@H]3Cc4ccccc4O3)c(C)o2)o1. The third kappa shape index (κ3) is 3.33. The Morgan fingerprint density at radius 2 is 1.96 bits per heavy atom. The molecular formula is C20H22N2O3. The Hall–Kier alpha value is -2.53. The van der Waals surface area contributed by atoms with Gasteiger partial charge in [-0.1, -0.05) is 18.2 Å². The van der Waals surface area contributed by atoms with Gasteiger partial charge in [-0.05, 0) is 44.7 Å². The van der Waals surface area contributed by atoms with E-state index in [9.17, 15) is 0 Å². The van der Waals surface area contributed by atoms with Crippen LogP contribution in [0, 0.1) is 13.8 Å². The number of likely N-dealkylation sites (N-methyl/N-ethyl adjacent to an activating group) is 1. The van der Waals surface area contributed by atoms with E-state index in [-0.39, 0.29) is 6.10 Å². The van der Waals surface area contributed by atoms with Crippen LogP contribution >= 0.6 is 0 Å². The average molecular weight is 338 g/mol. The number of oxazole rings is 1. The van der Waals surface area contributed by atoms with E-state index in [0.29, 0.717) is 18.2 Å². The van der Waals surface area contributed by atoms with E-state index in [2.05, 4.69) is 29.1 Å². The molecule has 4 rings (SSSR count). The number of aryl methyl sites for hydroxylation is 2. The number of benzene rings is 1. The van der Waals surface area contributed by atoms with Gasteiger partial charge in [0, 0.05) is 19.5 Å². The molecule has 0 bridgehead atoms. The predicted octanol–water partition coefficient (Wildman–Crippen LogP) is 3.99. The molecule has 1 atom stereocenters. The topological polar surface area (TPSA) is 51.6 Å². The minimum Gasteiger partial charge on any atom is -0.488 e. The fraction of sp³-hybridized carbons (Fsp3) is 0.350. The Labute approximate surface area is 147 Å². The Kier molecular flexibility index (Phi) is 4.09. The summed E-state index contributed by atoms with van der Waals surface area (Å²) in [6.07, 6.45) is 1.14. The summed E-state index contributed by atoms with van der Waals surface area (Å²) >= 11 is 0. The third-order valence-electron chi connectivity index (χ3n) is 4.49. The van der Waals surface area contributed by atoms with E-state index in [4.69, 9.17) is 13.6 Å². The molecule has 0 fully saturated rings. The molecule has 0 radical (unpaired) electrons. The molecule has 5 nitrogen and oxygen atoms in total. The van der Waals surface area contributed by atoms with Gasteiger partial charge >= 0.3 is 0 Å². The Balaban J connectivity index is 1.40. The van der Waals surface area contributed by atoms with Crippen molar-refractivity contribution in [2.75, 3.05) is 13.6 Å². The summed E-state index contributed by atoms with van der Waals surface area (Å²) in [5.74, 6) is 3.89. The van der Waals surface area contributed by atoms with E-state index < -0.39 is 0 Å². The zero-order valence-electron chi connectivity index (χ0n) is 14.8. The van der Waals surface area contributed by atoms with Gasteiger partial charge in [-0.3, -0.25) is 4.90 Å². The summed E-state index contributed by atoms with van der Waals surface area (Å²) in [7, 11) is 2.08. The van der Waals surface area contributed by atoms with Crippen molar-refractivity contribution in [1.29, 1.82) is 0 Å². The van der Waals surface area contributed by atoms with Crippen LogP contribution in [0.1, 0.15) is 22.8 Å². The van der Waals surface area contributed by atoms with Crippen LogP contribution in [0.2, 0.25) is 0 Å². The van der Waals surface area contributed by atoms with Crippen molar-refractivity contribution in [3.63, 3.8) is 0 Å². The summed E-state index contributed by atoms with van der Waals surface area (Å²) in [4.78, 5) is 6.83. The number of para-hydroxylation sites is 1. The van der Waals surface area contributed by atoms with E-state index in [1.165, 1.54) is 5.56 Å². The van der Waals surface area contributed by atoms with Gasteiger partial charge in [0.05, 0.1) is 5.69 Å². The zero-order chi connectivity index (χ0) is 17.4. The van der Waals surface area contributed by atoms with E-state index in [1.54, 1.807) is 0 Å². The first-order chi connectivity index (χ1) is 12.1. The van der Waals surface area contributed by atoms with Crippen molar-refractivity contribution >= 4 is 0 Å². The minimum absolute atomic E-state index is 0.182. The molecule has 0 amide bonds. The molecule has 2 aromatic heterocycles. The van der Waals surface area contributed by atoms with Gasteiger partial charge in [-0.25, -0.2) is 4.98 Å². The molecule has 130 valence electrons. The van der Waals surface area contributed by atoms with Gasteiger partial charge in [0.2, 0.25) is 0 Å². The smallest absolute Gasteiger partial charge is 0.263 e. The summed E-state index contributed by atoms with van der Waals surface area (Å²) in [6.45, 7) is 5.41. The lowest BCUT2D eigenvalue weighted by atomic mass is 10.1. The first-order valence-corrected chi connectivity index (χ1v) is 8.54. The van der Waals surface area contributed by atoms with Crippen LogP contribution in [0.4, 0.5) is 0 Å². The molecule has 0 saturated carbocycles. The van der Waals surface area contributed by atoms with Gasteiger partial charge in [0.1, 0.15) is 23.4 Å². The van der Waals surface area contributed by atoms with Crippen LogP contribution in [0.25, 0.3) is 11.7 Å². The number of ether oxygens (including phenoxy) is 1. The molecule has 0 saturated heterocycles. The van der Waals surface area contributed by atoms with Crippen molar-refractivity contribution in [3.8, 4) is 17.4 Å². The van der Waals surface area contributed by atoms with E-state index >= 15 is 0 Å². The van der Waals surface area contributed by atoms with Crippen molar-refractivity contribution in [1.82, 2.24) is 9.88 Å². The Morgan fingerprint density at radius 3 is 2.72 bits per heavy atom.